The highest BCUT2D eigenvalue weighted by atomic mass is 79.9. The second kappa shape index (κ2) is 5.75. The molecule has 0 unspecified atom stereocenters. The summed E-state index contributed by atoms with van der Waals surface area (Å²) in [5, 5.41) is 0. The Labute approximate surface area is 106 Å². The Bertz CT molecular complexity index is 335. The maximum atomic E-state index is 4.24. The van der Waals surface area contributed by atoms with Crippen LogP contribution in [0.2, 0.25) is 0 Å². The molecule has 0 aromatic carbocycles. The van der Waals surface area contributed by atoms with E-state index < -0.39 is 0 Å². The van der Waals surface area contributed by atoms with Crippen LogP contribution in [0.1, 0.15) is 5.56 Å². The third-order valence-electron chi connectivity index (χ3n) is 3.13. The van der Waals surface area contributed by atoms with Gasteiger partial charge in [-0.1, -0.05) is 6.07 Å². The fourth-order valence-corrected chi connectivity index (χ4v) is 2.40. The van der Waals surface area contributed by atoms with Crippen LogP contribution in [0.3, 0.4) is 0 Å². The third-order valence-corrected chi connectivity index (χ3v) is 3.84. The Morgan fingerprint density at radius 1 is 1.31 bits per heavy atom. The molecule has 1 fully saturated rings. The number of nitrogens with zero attached hydrogens (tertiary/aromatic N) is 3. The molecule has 0 amide bonds. The highest BCUT2D eigenvalue weighted by molar-refractivity contribution is 9.10. The summed E-state index contributed by atoms with van der Waals surface area (Å²) < 4.78 is 0.990. The summed E-state index contributed by atoms with van der Waals surface area (Å²) in [5.41, 5.74) is 1.31. The summed E-state index contributed by atoms with van der Waals surface area (Å²) in [6.45, 7) is 5.89. The molecule has 1 aromatic heterocycles. The van der Waals surface area contributed by atoms with E-state index in [0.29, 0.717) is 0 Å². The van der Waals surface area contributed by atoms with Crippen LogP contribution in [0.15, 0.2) is 22.9 Å². The Balaban J connectivity index is 1.81. The molecule has 1 aliphatic rings. The van der Waals surface area contributed by atoms with Crippen molar-refractivity contribution < 1.29 is 0 Å². The van der Waals surface area contributed by atoms with Crippen LogP contribution in [-0.4, -0.2) is 54.6 Å². The topological polar surface area (TPSA) is 19.4 Å². The first kappa shape index (κ1) is 12.0. The van der Waals surface area contributed by atoms with Gasteiger partial charge in [0.1, 0.15) is 4.60 Å². The van der Waals surface area contributed by atoms with Crippen LogP contribution in [0, 0.1) is 0 Å². The van der Waals surface area contributed by atoms with Crippen LogP contribution >= 0.6 is 15.9 Å². The first-order chi connectivity index (χ1) is 7.75. The van der Waals surface area contributed by atoms with E-state index in [1.54, 1.807) is 0 Å². The number of aromatic nitrogens is 1. The average molecular weight is 284 g/mol. The zero-order valence-electron chi connectivity index (χ0n) is 9.69. The van der Waals surface area contributed by atoms with E-state index in [4.69, 9.17) is 0 Å². The molecule has 16 heavy (non-hydrogen) atoms. The highest BCUT2D eigenvalue weighted by Gasteiger charge is 2.13. The lowest BCUT2D eigenvalue weighted by Gasteiger charge is -2.32. The van der Waals surface area contributed by atoms with Gasteiger partial charge in [0.05, 0.1) is 0 Å². The van der Waals surface area contributed by atoms with Crippen LogP contribution < -0.4 is 0 Å². The Kier molecular flexibility index (Phi) is 4.32. The first-order valence-corrected chi connectivity index (χ1v) is 6.55. The normalized spacial score (nSPS) is 18.9. The number of hydrogen-bond acceptors (Lipinski definition) is 3. The van der Waals surface area contributed by atoms with Gasteiger partial charge >= 0.3 is 0 Å². The van der Waals surface area contributed by atoms with Crippen molar-refractivity contribution in [1.29, 1.82) is 0 Å². The van der Waals surface area contributed by atoms with E-state index in [2.05, 4.69) is 43.8 Å². The second-order valence-electron chi connectivity index (χ2n) is 4.35. The van der Waals surface area contributed by atoms with Gasteiger partial charge in [-0.15, -0.1) is 0 Å². The summed E-state index contributed by atoms with van der Waals surface area (Å²) in [6, 6.07) is 4.15. The summed E-state index contributed by atoms with van der Waals surface area (Å²) in [7, 11) is 2.19. The van der Waals surface area contributed by atoms with Gasteiger partial charge in [0.15, 0.2) is 0 Å². The first-order valence-electron chi connectivity index (χ1n) is 5.76. The van der Waals surface area contributed by atoms with Gasteiger partial charge in [-0.3, -0.25) is 0 Å². The molecule has 1 aromatic rings. The lowest BCUT2D eigenvalue weighted by Crippen LogP contribution is -2.45. The van der Waals surface area contributed by atoms with Gasteiger partial charge in [-0.05, 0) is 41.0 Å². The van der Waals surface area contributed by atoms with Gasteiger partial charge in [-0.25, -0.2) is 4.98 Å². The zero-order valence-corrected chi connectivity index (χ0v) is 11.3. The number of halogens is 1. The summed E-state index contributed by atoms with van der Waals surface area (Å²) in [4.78, 5) is 9.16. The summed E-state index contributed by atoms with van der Waals surface area (Å²) in [6.07, 6.45) is 2.90. The quantitative estimate of drug-likeness (QED) is 0.787. The van der Waals surface area contributed by atoms with E-state index in [0.717, 1.165) is 17.6 Å². The predicted octanol–water partition coefficient (Wildman–Crippen LogP) is 1.63. The number of rotatable bonds is 3. The van der Waals surface area contributed by atoms with Crippen molar-refractivity contribution in [2.45, 2.75) is 6.42 Å². The van der Waals surface area contributed by atoms with Crippen molar-refractivity contribution in [3.05, 3.63) is 28.5 Å². The fraction of sp³-hybridized carbons (Fsp3) is 0.583. The van der Waals surface area contributed by atoms with Gasteiger partial charge < -0.3 is 9.80 Å². The predicted molar refractivity (Wildman–Crippen MR) is 69.6 cm³/mol. The minimum absolute atomic E-state index is 0.990. The van der Waals surface area contributed by atoms with Crippen molar-refractivity contribution in [3.63, 3.8) is 0 Å². The largest absolute Gasteiger partial charge is 0.304 e. The van der Waals surface area contributed by atoms with Crippen LogP contribution in [0.25, 0.3) is 0 Å². The van der Waals surface area contributed by atoms with Crippen LogP contribution in [-0.2, 0) is 6.42 Å². The molecule has 0 saturated carbocycles. The van der Waals surface area contributed by atoms with Crippen molar-refractivity contribution in [3.8, 4) is 0 Å². The molecule has 2 rings (SSSR count). The molecule has 1 aliphatic heterocycles. The average Bonchev–Trinajstić information content (AvgIpc) is 2.30. The maximum Gasteiger partial charge on any atom is 0.109 e. The van der Waals surface area contributed by atoms with Crippen LogP contribution in [0.4, 0.5) is 0 Å². The number of hydrogen-bond donors (Lipinski definition) is 0. The number of likely N-dealkylation sites (N-methyl/N-ethyl adjacent to an activating group) is 1. The van der Waals surface area contributed by atoms with Crippen molar-refractivity contribution in [2.24, 2.45) is 0 Å². The Hall–Kier alpha value is -0.450. The molecule has 0 spiro atoms. The molecule has 0 N–H and O–H groups in total. The van der Waals surface area contributed by atoms with Crippen molar-refractivity contribution in [1.82, 2.24) is 14.8 Å². The van der Waals surface area contributed by atoms with Crippen LogP contribution in [0.5, 0.6) is 0 Å². The van der Waals surface area contributed by atoms with E-state index in [1.165, 1.54) is 31.7 Å². The minimum Gasteiger partial charge on any atom is -0.304 e. The molecule has 3 nitrogen and oxygen atoms in total. The monoisotopic (exact) mass is 283 g/mol. The smallest absolute Gasteiger partial charge is 0.109 e. The lowest BCUT2D eigenvalue weighted by atomic mass is 10.2. The van der Waals surface area contributed by atoms with Crippen molar-refractivity contribution >= 4 is 15.9 Å². The van der Waals surface area contributed by atoms with Crippen molar-refractivity contribution in [2.75, 3.05) is 39.8 Å². The van der Waals surface area contributed by atoms with Gasteiger partial charge in [0.2, 0.25) is 0 Å². The molecular weight excluding hydrogens is 266 g/mol. The van der Waals surface area contributed by atoms with E-state index in [9.17, 15) is 0 Å². The number of pyridine rings is 1. The Morgan fingerprint density at radius 3 is 2.75 bits per heavy atom. The van der Waals surface area contributed by atoms with Gasteiger partial charge in [0, 0.05) is 38.9 Å². The molecule has 2 heterocycles. The SMILES string of the molecule is CN1CCN(CCc2cccnc2Br)CC1. The molecule has 0 aliphatic carbocycles. The molecule has 0 bridgehead atoms. The molecular formula is C12H18BrN3. The lowest BCUT2D eigenvalue weighted by molar-refractivity contribution is 0.155. The van der Waals surface area contributed by atoms with E-state index >= 15 is 0 Å². The molecule has 88 valence electrons. The molecule has 0 radical (unpaired) electrons. The summed E-state index contributed by atoms with van der Waals surface area (Å²) >= 11 is 3.49. The molecule has 4 heteroatoms. The Morgan fingerprint density at radius 2 is 2.06 bits per heavy atom. The third kappa shape index (κ3) is 3.27. The minimum atomic E-state index is 0.990. The second-order valence-corrected chi connectivity index (χ2v) is 5.10. The molecule has 1 saturated heterocycles. The fourth-order valence-electron chi connectivity index (χ4n) is 1.96. The zero-order chi connectivity index (χ0) is 11.4. The van der Waals surface area contributed by atoms with E-state index in [1.807, 2.05) is 12.3 Å². The number of piperazine rings is 1. The maximum absolute atomic E-state index is 4.24. The van der Waals surface area contributed by atoms with E-state index in [-0.39, 0.29) is 0 Å². The highest BCUT2D eigenvalue weighted by Crippen LogP contribution is 2.13. The van der Waals surface area contributed by atoms with Gasteiger partial charge in [0.25, 0.3) is 0 Å². The summed E-state index contributed by atoms with van der Waals surface area (Å²) in [5.74, 6) is 0. The standard InChI is InChI=1S/C12H18BrN3/c1-15-7-9-16(10-8-15)6-4-11-3-2-5-14-12(11)13/h2-3,5H,4,6-10H2,1H3. The molecule has 0 atom stereocenters. The van der Waals surface area contributed by atoms with Gasteiger partial charge in [-0.2, -0.15) is 0 Å².